The fourth-order valence-electron chi connectivity index (χ4n) is 2.84. The Hall–Kier alpha value is -2.87. The molecule has 2 N–H and O–H groups in total. The molecule has 3 rings (SSSR count). The average Bonchev–Trinajstić information content (AvgIpc) is 2.74. The van der Waals surface area contributed by atoms with Gasteiger partial charge in [0, 0.05) is 13.1 Å². The molecule has 0 saturated heterocycles. The summed E-state index contributed by atoms with van der Waals surface area (Å²) < 4.78 is 35.0. The number of aliphatic hydroxyl groups excluding tert-OH is 1. The molecule has 0 saturated carbocycles. The van der Waals surface area contributed by atoms with E-state index in [9.17, 15) is 13.5 Å². The monoisotopic (exact) mass is 427 g/mol. The zero-order chi connectivity index (χ0) is 21.6. The van der Waals surface area contributed by atoms with Gasteiger partial charge in [-0.05, 0) is 54.4 Å². The van der Waals surface area contributed by atoms with Crippen LogP contribution in [0.2, 0.25) is 0 Å². The van der Waals surface area contributed by atoms with Crippen LogP contribution >= 0.6 is 0 Å². The number of methoxy groups -OCH3 is 1. The zero-order valence-corrected chi connectivity index (χ0v) is 17.7. The molecule has 7 heteroatoms. The zero-order valence-electron chi connectivity index (χ0n) is 16.9. The molecular formula is C23H25NO5S. The molecule has 0 fully saturated rings. The lowest BCUT2D eigenvalue weighted by Crippen LogP contribution is -2.21. The summed E-state index contributed by atoms with van der Waals surface area (Å²) in [5.41, 5.74) is 2.71. The van der Waals surface area contributed by atoms with Crippen LogP contribution in [0.4, 0.5) is 0 Å². The van der Waals surface area contributed by atoms with E-state index < -0.39 is 16.2 Å². The topological polar surface area (TPSA) is 84.9 Å². The highest BCUT2D eigenvalue weighted by molar-refractivity contribution is 7.87. The summed E-state index contributed by atoms with van der Waals surface area (Å²) in [6.45, 7) is 2.85. The molecule has 1 atom stereocenters. The maximum Gasteiger partial charge on any atom is 0.339 e. The van der Waals surface area contributed by atoms with Gasteiger partial charge in [0.2, 0.25) is 0 Å². The van der Waals surface area contributed by atoms with Crippen molar-refractivity contribution < 1.29 is 22.4 Å². The smallest absolute Gasteiger partial charge is 0.339 e. The molecule has 0 aliphatic heterocycles. The van der Waals surface area contributed by atoms with Crippen molar-refractivity contribution in [1.29, 1.82) is 0 Å². The van der Waals surface area contributed by atoms with Crippen molar-refractivity contribution >= 4 is 10.1 Å². The van der Waals surface area contributed by atoms with Crippen molar-refractivity contribution in [2.24, 2.45) is 0 Å². The summed E-state index contributed by atoms with van der Waals surface area (Å²) >= 11 is 0. The lowest BCUT2D eigenvalue weighted by Gasteiger charge is -2.13. The first-order chi connectivity index (χ1) is 14.4. The number of rotatable bonds is 9. The van der Waals surface area contributed by atoms with Crippen molar-refractivity contribution in [3.8, 4) is 11.5 Å². The molecule has 3 aromatic rings. The molecule has 0 aromatic heterocycles. The largest absolute Gasteiger partial charge is 0.497 e. The Morgan fingerprint density at radius 2 is 1.50 bits per heavy atom. The van der Waals surface area contributed by atoms with Crippen molar-refractivity contribution in [2.75, 3.05) is 13.7 Å². The molecule has 30 heavy (non-hydrogen) atoms. The standard InChI is InChI=1S/C23H25NO5S/c1-17-3-13-22(14-4-17)30(26,27)29-21-11-7-19(8-12-21)23(25)16-24-15-18-5-9-20(28-2)10-6-18/h3-14,23-25H,15-16H2,1-2H3/t23-/m0/s1. The molecule has 6 nitrogen and oxygen atoms in total. The van der Waals surface area contributed by atoms with Crippen LogP contribution in [0.15, 0.2) is 77.7 Å². The van der Waals surface area contributed by atoms with E-state index in [1.807, 2.05) is 31.2 Å². The second-order valence-corrected chi connectivity index (χ2v) is 8.46. The molecule has 0 aliphatic rings. The number of benzene rings is 3. The average molecular weight is 428 g/mol. The van der Waals surface area contributed by atoms with Crippen LogP contribution < -0.4 is 14.2 Å². The van der Waals surface area contributed by atoms with Crippen LogP contribution in [0.1, 0.15) is 22.8 Å². The number of ether oxygens (including phenoxy) is 1. The van der Waals surface area contributed by atoms with E-state index in [1.54, 1.807) is 31.4 Å². The number of aliphatic hydroxyl groups is 1. The van der Waals surface area contributed by atoms with Gasteiger partial charge < -0.3 is 19.3 Å². The normalized spacial score (nSPS) is 12.4. The van der Waals surface area contributed by atoms with E-state index in [0.717, 1.165) is 16.9 Å². The van der Waals surface area contributed by atoms with E-state index in [4.69, 9.17) is 8.92 Å². The summed E-state index contributed by atoms with van der Waals surface area (Å²) in [6.07, 6.45) is -0.731. The highest BCUT2D eigenvalue weighted by Gasteiger charge is 2.16. The molecule has 3 aromatic carbocycles. The lowest BCUT2D eigenvalue weighted by molar-refractivity contribution is 0.174. The Labute approximate surface area is 177 Å². The Balaban J connectivity index is 1.54. The number of hydrogen-bond donors (Lipinski definition) is 2. The minimum atomic E-state index is -3.90. The number of aryl methyl sites for hydroxylation is 1. The van der Waals surface area contributed by atoms with E-state index in [0.29, 0.717) is 18.7 Å². The molecule has 0 bridgehead atoms. The van der Waals surface area contributed by atoms with Gasteiger partial charge >= 0.3 is 10.1 Å². The van der Waals surface area contributed by atoms with Gasteiger partial charge in [-0.3, -0.25) is 0 Å². The van der Waals surface area contributed by atoms with Crippen molar-refractivity contribution in [1.82, 2.24) is 5.32 Å². The molecule has 0 heterocycles. The quantitative estimate of drug-likeness (QED) is 0.508. The van der Waals surface area contributed by atoms with E-state index in [1.165, 1.54) is 24.3 Å². The molecule has 0 aliphatic carbocycles. The summed E-state index contributed by atoms with van der Waals surface area (Å²) in [6, 6.07) is 20.5. The highest BCUT2D eigenvalue weighted by Crippen LogP contribution is 2.22. The maximum absolute atomic E-state index is 12.4. The molecule has 0 unspecified atom stereocenters. The van der Waals surface area contributed by atoms with Crippen LogP contribution in [0.5, 0.6) is 11.5 Å². The second kappa shape index (κ2) is 9.75. The van der Waals surface area contributed by atoms with Gasteiger partial charge in [-0.15, -0.1) is 0 Å². The van der Waals surface area contributed by atoms with Crippen LogP contribution in [-0.2, 0) is 16.7 Å². The third kappa shape index (κ3) is 5.82. The van der Waals surface area contributed by atoms with Gasteiger partial charge in [0.15, 0.2) is 0 Å². The summed E-state index contributed by atoms with van der Waals surface area (Å²) in [5.74, 6) is 0.989. The SMILES string of the molecule is COc1ccc(CNC[C@H](O)c2ccc(OS(=O)(=O)c3ccc(C)cc3)cc2)cc1. The second-order valence-electron chi connectivity index (χ2n) is 6.91. The van der Waals surface area contributed by atoms with Crippen molar-refractivity contribution in [3.63, 3.8) is 0 Å². The Morgan fingerprint density at radius 1 is 0.900 bits per heavy atom. The van der Waals surface area contributed by atoms with Gasteiger partial charge in [-0.2, -0.15) is 8.42 Å². The summed E-state index contributed by atoms with van der Waals surface area (Å²) in [7, 11) is -2.27. The Kier molecular flexibility index (Phi) is 7.10. The lowest BCUT2D eigenvalue weighted by atomic mass is 10.1. The van der Waals surface area contributed by atoms with Crippen LogP contribution in [0.3, 0.4) is 0 Å². The van der Waals surface area contributed by atoms with E-state index in [2.05, 4.69) is 5.32 Å². The highest BCUT2D eigenvalue weighted by atomic mass is 32.2. The van der Waals surface area contributed by atoms with Crippen LogP contribution in [-0.4, -0.2) is 27.2 Å². The predicted molar refractivity (Wildman–Crippen MR) is 115 cm³/mol. The third-order valence-corrected chi connectivity index (χ3v) is 5.87. The van der Waals surface area contributed by atoms with Gasteiger partial charge in [0.25, 0.3) is 0 Å². The minimum absolute atomic E-state index is 0.0972. The fraction of sp³-hybridized carbons (Fsp3) is 0.217. The molecule has 0 spiro atoms. The number of hydrogen-bond acceptors (Lipinski definition) is 6. The summed E-state index contributed by atoms with van der Waals surface area (Å²) in [5, 5.41) is 13.6. The number of nitrogens with one attached hydrogen (secondary N) is 1. The fourth-order valence-corrected chi connectivity index (χ4v) is 3.77. The molecular weight excluding hydrogens is 402 g/mol. The van der Waals surface area contributed by atoms with E-state index in [-0.39, 0.29) is 10.6 Å². The van der Waals surface area contributed by atoms with Crippen molar-refractivity contribution in [3.05, 3.63) is 89.5 Å². The van der Waals surface area contributed by atoms with Gasteiger partial charge in [-0.25, -0.2) is 0 Å². The molecule has 0 radical (unpaired) electrons. The van der Waals surface area contributed by atoms with Gasteiger partial charge in [-0.1, -0.05) is 42.0 Å². The van der Waals surface area contributed by atoms with Crippen LogP contribution in [0, 0.1) is 6.92 Å². The van der Waals surface area contributed by atoms with Crippen molar-refractivity contribution in [2.45, 2.75) is 24.5 Å². The maximum atomic E-state index is 12.4. The first-order valence-corrected chi connectivity index (χ1v) is 10.9. The molecule has 0 amide bonds. The van der Waals surface area contributed by atoms with Crippen LogP contribution in [0.25, 0.3) is 0 Å². The van der Waals surface area contributed by atoms with Gasteiger partial charge in [0.05, 0.1) is 13.2 Å². The Morgan fingerprint density at radius 3 is 2.10 bits per heavy atom. The third-order valence-electron chi connectivity index (χ3n) is 4.61. The minimum Gasteiger partial charge on any atom is -0.497 e. The predicted octanol–water partition coefficient (Wildman–Crippen LogP) is 3.59. The first-order valence-electron chi connectivity index (χ1n) is 9.50. The van der Waals surface area contributed by atoms with E-state index >= 15 is 0 Å². The summed E-state index contributed by atoms with van der Waals surface area (Å²) in [4.78, 5) is 0.0972. The first kappa shape index (κ1) is 21.8. The molecule has 158 valence electrons. The Bertz CT molecular complexity index is 1050. The van der Waals surface area contributed by atoms with Gasteiger partial charge in [0.1, 0.15) is 16.4 Å².